The first-order valence-corrected chi connectivity index (χ1v) is 8.19. The fraction of sp³-hybridized carbons (Fsp3) is 0.706. The van der Waals surface area contributed by atoms with Crippen molar-refractivity contribution in [2.45, 2.75) is 13.0 Å². The quantitative estimate of drug-likeness (QED) is 0.723. The lowest BCUT2D eigenvalue weighted by Crippen LogP contribution is -2.33. The van der Waals surface area contributed by atoms with Crippen molar-refractivity contribution in [3.63, 3.8) is 0 Å². The van der Waals surface area contributed by atoms with E-state index < -0.39 is 0 Å². The Balaban J connectivity index is 1.82. The number of ether oxygens (including phenoxy) is 1. The van der Waals surface area contributed by atoms with E-state index in [1.165, 1.54) is 0 Å². The summed E-state index contributed by atoms with van der Waals surface area (Å²) in [5.41, 5.74) is 0. The van der Waals surface area contributed by atoms with E-state index in [1.54, 1.807) is 18.1 Å². The van der Waals surface area contributed by atoms with Crippen molar-refractivity contribution < 1.29 is 13.9 Å². The molecule has 130 valence electrons. The topological polar surface area (TPSA) is 49.2 Å². The van der Waals surface area contributed by atoms with Crippen molar-refractivity contribution in [2.75, 3.05) is 61.0 Å². The van der Waals surface area contributed by atoms with Crippen molar-refractivity contribution in [2.24, 2.45) is 5.92 Å². The minimum Gasteiger partial charge on any atom is -0.455 e. The SMILES string of the molecule is COCCN1CC[C@H](CN(C)C(=O)c2ccc(CN(C)C)o2)C1. The molecule has 0 radical (unpaired) electrons. The molecule has 0 spiro atoms. The fourth-order valence-corrected chi connectivity index (χ4v) is 3.03. The molecule has 6 heteroatoms. The van der Waals surface area contributed by atoms with Crippen molar-refractivity contribution >= 4 is 5.91 Å². The summed E-state index contributed by atoms with van der Waals surface area (Å²) in [6.45, 7) is 5.33. The molecular weight excluding hydrogens is 294 g/mol. The number of amides is 1. The third kappa shape index (κ3) is 5.34. The van der Waals surface area contributed by atoms with Crippen LogP contribution in [0.25, 0.3) is 0 Å². The van der Waals surface area contributed by atoms with Crippen LogP contribution in [0.4, 0.5) is 0 Å². The van der Waals surface area contributed by atoms with Crippen molar-refractivity contribution in [1.29, 1.82) is 0 Å². The third-order valence-corrected chi connectivity index (χ3v) is 4.20. The normalized spacial score (nSPS) is 18.7. The Hall–Kier alpha value is -1.37. The van der Waals surface area contributed by atoms with Crippen molar-refractivity contribution in [1.82, 2.24) is 14.7 Å². The van der Waals surface area contributed by atoms with E-state index in [2.05, 4.69) is 4.90 Å². The van der Waals surface area contributed by atoms with Crippen LogP contribution in [0, 0.1) is 5.92 Å². The highest BCUT2D eigenvalue weighted by Crippen LogP contribution is 2.18. The lowest BCUT2D eigenvalue weighted by Gasteiger charge is -2.21. The second kappa shape index (κ2) is 8.47. The van der Waals surface area contributed by atoms with E-state index in [0.29, 0.717) is 18.2 Å². The molecule has 0 aromatic carbocycles. The zero-order valence-corrected chi connectivity index (χ0v) is 14.7. The Morgan fingerprint density at radius 3 is 2.87 bits per heavy atom. The second-order valence-electron chi connectivity index (χ2n) is 6.64. The Kier molecular flexibility index (Phi) is 6.62. The molecule has 2 heterocycles. The number of nitrogens with zero attached hydrogens (tertiary/aromatic N) is 3. The standard InChI is InChI=1S/C17H29N3O3/c1-18(2)13-15-5-6-16(23-15)17(21)19(3)11-14-7-8-20(12-14)9-10-22-4/h5-6,14H,7-13H2,1-4H3/t14-/m1/s1. The molecule has 2 rings (SSSR count). The molecular formula is C17H29N3O3. The largest absolute Gasteiger partial charge is 0.455 e. The van der Waals surface area contributed by atoms with E-state index in [9.17, 15) is 4.79 Å². The van der Waals surface area contributed by atoms with Gasteiger partial charge in [-0.25, -0.2) is 0 Å². The van der Waals surface area contributed by atoms with Gasteiger partial charge in [-0.15, -0.1) is 0 Å². The van der Waals surface area contributed by atoms with E-state index in [4.69, 9.17) is 9.15 Å². The zero-order chi connectivity index (χ0) is 16.8. The first kappa shape index (κ1) is 18.0. The number of hydrogen-bond acceptors (Lipinski definition) is 5. The van der Waals surface area contributed by atoms with Crippen LogP contribution in [0.1, 0.15) is 22.7 Å². The Labute approximate surface area is 139 Å². The monoisotopic (exact) mass is 323 g/mol. The van der Waals surface area contributed by atoms with Gasteiger partial charge in [0.2, 0.25) is 0 Å². The molecule has 1 aliphatic rings. The van der Waals surface area contributed by atoms with Crippen LogP contribution >= 0.6 is 0 Å². The smallest absolute Gasteiger partial charge is 0.289 e. The maximum absolute atomic E-state index is 12.5. The van der Waals surface area contributed by atoms with Gasteiger partial charge in [0.15, 0.2) is 5.76 Å². The number of methoxy groups -OCH3 is 1. The van der Waals surface area contributed by atoms with E-state index in [1.807, 2.05) is 32.1 Å². The van der Waals surface area contributed by atoms with Crippen LogP contribution in [0.5, 0.6) is 0 Å². The summed E-state index contributed by atoms with van der Waals surface area (Å²) < 4.78 is 10.8. The van der Waals surface area contributed by atoms with E-state index in [0.717, 1.165) is 45.0 Å². The average molecular weight is 323 g/mol. The average Bonchev–Trinajstić information content (AvgIpc) is 3.13. The number of rotatable bonds is 8. The molecule has 0 bridgehead atoms. The minimum atomic E-state index is -0.0367. The molecule has 1 aliphatic heterocycles. The van der Waals surface area contributed by atoms with Crippen LogP contribution in [0.3, 0.4) is 0 Å². The summed E-state index contributed by atoms with van der Waals surface area (Å²) in [5.74, 6) is 1.74. The Morgan fingerprint density at radius 2 is 2.17 bits per heavy atom. The Bertz CT molecular complexity index is 501. The predicted molar refractivity (Wildman–Crippen MR) is 89.5 cm³/mol. The van der Waals surface area contributed by atoms with Crippen molar-refractivity contribution in [3.05, 3.63) is 23.7 Å². The van der Waals surface area contributed by atoms with Crippen LogP contribution in [-0.4, -0.2) is 81.6 Å². The number of hydrogen-bond donors (Lipinski definition) is 0. The van der Waals surface area contributed by atoms with Gasteiger partial charge in [-0.3, -0.25) is 4.79 Å². The summed E-state index contributed by atoms with van der Waals surface area (Å²) in [6, 6.07) is 3.65. The maximum Gasteiger partial charge on any atom is 0.289 e. The molecule has 23 heavy (non-hydrogen) atoms. The van der Waals surface area contributed by atoms with Gasteiger partial charge >= 0.3 is 0 Å². The van der Waals surface area contributed by atoms with E-state index in [-0.39, 0.29) is 5.91 Å². The molecule has 1 aromatic rings. The third-order valence-electron chi connectivity index (χ3n) is 4.20. The molecule has 1 saturated heterocycles. The second-order valence-corrected chi connectivity index (χ2v) is 6.64. The summed E-state index contributed by atoms with van der Waals surface area (Å²) in [7, 11) is 7.54. The number of furan rings is 1. The van der Waals surface area contributed by atoms with Gasteiger partial charge in [-0.1, -0.05) is 0 Å². The zero-order valence-electron chi connectivity index (χ0n) is 14.7. The lowest BCUT2D eigenvalue weighted by molar-refractivity contribution is 0.0737. The molecule has 0 aliphatic carbocycles. The molecule has 0 saturated carbocycles. The predicted octanol–water partition coefficient (Wildman–Crippen LogP) is 1.38. The molecule has 0 unspecified atom stereocenters. The summed E-state index contributed by atoms with van der Waals surface area (Å²) in [5, 5.41) is 0. The minimum absolute atomic E-state index is 0.0367. The highest BCUT2D eigenvalue weighted by Gasteiger charge is 2.25. The molecule has 1 fully saturated rings. The highest BCUT2D eigenvalue weighted by molar-refractivity contribution is 5.91. The fourth-order valence-electron chi connectivity index (χ4n) is 3.03. The maximum atomic E-state index is 12.5. The van der Waals surface area contributed by atoms with Crippen LogP contribution in [0.2, 0.25) is 0 Å². The van der Waals surface area contributed by atoms with Gasteiger partial charge in [0.05, 0.1) is 13.2 Å². The van der Waals surface area contributed by atoms with Crippen LogP contribution in [-0.2, 0) is 11.3 Å². The van der Waals surface area contributed by atoms with Gasteiger partial charge in [-0.05, 0) is 45.1 Å². The van der Waals surface area contributed by atoms with E-state index >= 15 is 0 Å². The number of likely N-dealkylation sites (tertiary alicyclic amines) is 1. The molecule has 1 amide bonds. The van der Waals surface area contributed by atoms with Gasteiger partial charge in [0, 0.05) is 33.8 Å². The summed E-state index contributed by atoms with van der Waals surface area (Å²) in [6.07, 6.45) is 1.13. The first-order chi connectivity index (χ1) is 11.0. The first-order valence-electron chi connectivity index (χ1n) is 8.19. The Morgan fingerprint density at radius 1 is 1.39 bits per heavy atom. The summed E-state index contributed by atoms with van der Waals surface area (Å²) in [4.78, 5) is 18.7. The molecule has 1 atom stereocenters. The van der Waals surface area contributed by atoms with Gasteiger partial charge in [0.25, 0.3) is 5.91 Å². The lowest BCUT2D eigenvalue weighted by atomic mass is 10.1. The van der Waals surface area contributed by atoms with Gasteiger partial charge < -0.3 is 23.9 Å². The van der Waals surface area contributed by atoms with Crippen LogP contribution < -0.4 is 0 Å². The molecule has 6 nitrogen and oxygen atoms in total. The van der Waals surface area contributed by atoms with Gasteiger partial charge in [0.1, 0.15) is 5.76 Å². The number of carbonyl (C=O) groups excluding carboxylic acids is 1. The molecule has 1 aromatic heterocycles. The van der Waals surface area contributed by atoms with Crippen LogP contribution in [0.15, 0.2) is 16.5 Å². The van der Waals surface area contributed by atoms with Gasteiger partial charge in [-0.2, -0.15) is 0 Å². The number of carbonyl (C=O) groups is 1. The summed E-state index contributed by atoms with van der Waals surface area (Å²) >= 11 is 0. The highest BCUT2D eigenvalue weighted by atomic mass is 16.5. The molecule has 0 N–H and O–H groups in total. The van der Waals surface area contributed by atoms with Crippen molar-refractivity contribution in [3.8, 4) is 0 Å².